The van der Waals surface area contributed by atoms with Crippen LogP contribution in [-0.4, -0.2) is 21.9 Å². The predicted octanol–water partition coefficient (Wildman–Crippen LogP) is 1.39. The summed E-state index contributed by atoms with van der Waals surface area (Å²) in [4.78, 5) is 24.5. The lowest BCUT2D eigenvalue weighted by molar-refractivity contribution is -0.114. The van der Waals surface area contributed by atoms with Crippen molar-refractivity contribution in [3.8, 4) is 0 Å². The van der Waals surface area contributed by atoms with Crippen LogP contribution < -0.4 is 4.90 Å². The van der Waals surface area contributed by atoms with Gasteiger partial charge in [0.25, 0.3) is 11.7 Å². The second kappa shape index (κ2) is 4.19. The number of aromatic nitrogens is 2. The number of benzene rings is 1. The van der Waals surface area contributed by atoms with Gasteiger partial charge >= 0.3 is 0 Å². The van der Waals surface area contributed by atoms with Crippen LogP contribution in [0.5, 0.6) is 0 Å². The second-order valence-electron chi connectivity index (χ2n) is 4.22. The van der Waals surface area contributed by atoms with E-state index < -0.39 is 28.9 Å². The summed E-state index contributed by atoms with van der Waals surface area (Å²) in [6, 6.07) is 1.48. The molecule has 20 heavy (non-hydrogen) atoms. The van der Waals surface area contributed by atoms with E-state index in [4.69, 9.17) is 4.42 Å². The minimum Gasteiger partial charge on any atom is -0.424 e. The first kappa shape index (κ1) is 12.4. The lowest BCUT2D eigenvalue weighted by atomic mass is 10.1. The Labute approximate surface area is 111 Å². The highest BCUT2D eigenvalue weighted by atomic mass is 19.1. The van der Waals surface area contributed by atoms with Crippen molar-refractivity contribution in [2.75, 3.05) is 4.90 Å². The van der Waals surface area contributed by atoms with Crippen molar-refractivity contribution in [3.05, 3.63) is 41.1 Å². The maximum absolute atomic E-state index is 13.6. The lowest BCUT2D eigenvalue weighted by Gasteiger charge is -2.13. The van der Waals surface area contributed by atoms with Gasteiger partial charge in [-0.3, -0.25) is 14.5 Å². The Bertz CT molecular complexity index is 742. The van der Waals surface area contributed by atoms with Crippen LogP contribution in [0.25, 0.3) is 0 Å². The number of rotatable bonds is 2. The molecule has 6 nitrogen and oxygen atoms in total. The largest absolute Gasteiger partial charge is 0.424 e. The first-order valence-corrected chi connectivity index (χ1v) is 5.61. The lowest BCUT2D eigenvalue weighted by Crippen LogP contribution is -2.29. The molecule has 8 heteroatoms. The summed E-state index contributed by atoms with van der Waals surface area (Å²) in [5.41, 5.74) is -0.569. The van der Waals surface area contributed by atoms with Gasteiger partial charge in [-0.15, -0.1) is 10.2 Å². The number of carbonyl (C=O) groups is 2. The molecule has 2 heterocycles. The van der Waals surface area contributed by atoms with Gasteiger partial charge in [0.2, 0.25) is 11.8 Å². The third-order valence-electron chi connectivity index (χ3n) is 2.85. The van der Waals surface area contributed by atoms with Crippen LogP contribution in [-0.2, 0) is 11.3 Å². The molecule has 0 atom stereocenters. The van der Waals surface area contributed by atoms with Crippen LogP contribution in [0.3, 0.4) is 0 Å². The fraction of sp³-hybridized carbons (Fsp3) is 0.167. The first-order valence-electron chi connectivity index (χ1n) is 5.61. The molecule has 0 saturated heterocycles. The van der Waals surface area contributed by atoms with Crippen LogP contribution in [0.4, 0.5) is 14.5 Å². The number of ketones is 1. The van der Waals surface area contributed by atoms with Gasteiger partial charge in [-0.1, -0.05) is 0 Å². The molecule has 0 unspecified atom stereocenters. The molecule has 2 aromatic rings. The molecular formula is C12H7F2N3O3. The van der Waals surface area contributed by atoms with Gasteiger partial charge in [-0.25, -0.2) is 8.78 Å². The van der Waals surface area contributed by atoms with Gasteiger partial charge < -0.3 is 4.42 Å². The second-order valence-corrected chi connectivity index (χ2v) is 4.22. The molecule has 3 rings (SSSR count). The van der Waals surface area contributed by atoms with Crippen molar-refractivity contribution < 1.29 is 22.8 Å². The third-order valence-corrected chi connectivity index (χ3v) is 2.85. The fourth-order valence-corrected chi connectivity index (χ4v) is 2.03. The number of fused-ring (bicyclic) bond motifs is 1. The molecule has 0 saturated carbocycles. The number of hydrogen-bond donors (Lipinski definition) is 0. The van der Waals surface area contributed by atoms with Gasteiger partial charge in [0.15, 0.2) is 0 Å². The van der Waals surface area contributed by atoms with Crippen molar-refractivity contribution >= 4 is 17.4 Å². The van der Waals surface area contributed by atoms with E-state index in [1.54, 1.807) is 6.92 Å². The third kappa shape index (κ3) is 1.77. The number of carbonyl (C=O) groups excluding carboxylic acids is 2. The highest BCUT2D eigenvalue weighted by Gasteiger charge is 2.39. The summed E-state index contributed by atoms with van der Waals surface area (Å²) >= 11 is 0. The van der Waals surface area contributed by atoms with Crippen molar-refractivity contribution in [3.63, 3.8) is 0 Å². The molecule has 0 bridgehead atoms. The Hall–Kier alpha value is -2.64. The molecule has 1 aliphatic rings. The summed E-state index contributed by atoms with van der Waals surface area (Å²) in [7, 11) is 0. The van der Waals surface area contributed by atoms with Gasteiger partial charge in [-0.05, 0) is 6.07 Å². The number of nitrogens with zero attached hydrogens (tertiary/aromatic N) is 3. The average Bonchev–Trinajstić information content (AvgIpc) is 2.87. The van der Waals surface area contributed by atoms with Crippen molar-refractivity contribution in [1.29, 1.82) is 0 Å². The maximum atomic E-state index is 13.6. The summed E-state index contributed by atoms with van der Waals surface area (Å²) in [5, 5.41) is 7.25. The number of aryl methyl sites for hydroxylation is 1. The number of anilines is 1. The normalized spacial score (nSPS) is 14.1. The zero-order chi connectivity index (χ0) is 14.4. The number of amides is 1. The predicted molar refractivity (Wildman–Crippen MR) is 60.9 cm³/mol. The molecule has 0 radical (unpaired) electrons. The van der Waals surface area contributed by atoms with Gasteiger partial charge in [-0.2, -0.15) is 0 Å². The molecular weight excluding hydrogens is 272 g/mol. The zero-order valence-corrected chi connectivity index (χ0v) is 10.2. The van der Waals surface area contributed by atoms with E-state index in [2.05, 4.69) is 10.2 Å². The van der Waals surface area contributed by atoms with Crippen LogP contribution >= 0.6 is 0 Å². The minimum absolute atomic E-state index is 0.0705. The number of Topliss-reactive ketones (excluding diaryl/α,β-unsaturated/α-hetero) is 1. The van der Waals surface area contributed by atoms with E-state index in [-0.39, 0.29) is 24.0 Å². The zero-order valence-electron chi connectivity index (χ0n) is 10.2. The average molecular weight is 279 g/mol. The van der Waals surface area contributed by atoms with E-state index in [0.29, 0.717) is 6.07 Å². The van der Waals surface area contributed by atoms with Crippen LogP contribution in [0.2, 0.25) is 0 Å². The Morgan fingerprint density at radius 1 is 1.25 bits per heavy atom. The van der Waals surface area contributed by atoms with E-state index >= 15 is 0 Å². The summed E-state index contributed by atoms with van der Waals surface area (Å²) < 4.78 is 31.9. The molecule has 1 amide bonds. The Morgan fingerprint density at radius 3 is 2.65 bits per heavy atom. The van der Waals surface area contributed by atoms with Crippen LogP contribution in [0, 0.1) is 18.6 Å². The molecule has 1 aliphatic heterocycles. The molecule has 0 N–H and O–H groups in total. The SMILES string of the molecule is Cc1nnc(CN2C(=O)C(=O)c3c(F)cc(F)cc32)o1. The van der Waals surface area contributed by atoms with E-state index in [9.17, 15) is 18.4 Å². The van der Waals surface area contributed by atoms with Crippen molar-refractivity contribution in [2.24, 2.45) is 0 Å². The van der Waals surface area contributed by atoms with Gasteiger partial charge in [0.05, 0.1) is 11.3 Å². The Kier molecular flexibility index (Phi) is 2.60. The standard InChI is InChI=1S/C12H7F2N3O3/c1-5-15-16-9(20-5)4-17-8-3-6(13)2-7(14)10(8)11(18)12(17)19/h2-3H,4H2,1H3. The summed E-state index contributed by atoms with van der Waals surface area (Å²) in [5.74, 6) is -3.57. The molecule has 0 fully saturated rings. The topological polar surface area (TPSA) is 76.3 Å². The van der Waals surface area contributed by atoms with Crippen molar-refractivity contribution in [2.45, 2.75) is 13.5 Å². The summed E-state index contributed by atoms with van der Waals surface area (Å²) in [6.07, 6.45) is 0. The fourth-order valence-electron chi connectivity index (χ4n) is 2.03. The van der Waals surface area contributed by atoms with E-state index in [1.165, 1.54) is 0 Å². The molecule has 102 valence electrons. The summed E-state index contributed by atoms with van der Waals surface area (Å²) in [6.45, 7) is 1.34. The maximum Gasteiger partial charge on any atom is 0.300 e. The molecule has 1 aromatic heterocycles. The van der Waals surface area contributed by atoms with Crippen molar-refractivity contribution in [1.82, 2.24) is 10.2 Å². The van der Waals surface area contributed by atoms with Gasteiger partial charge in [0.1, 0.15) is 18.2 Å². The number of hydrogen-bond acceptors (Lipinski definition) is 5. The van der Waals surface area contributed by atoms with Crippen LogP contribution in [0.15, 0.2) is 16.5 Å². The molecule has 1 aromatic carbocycles. The Morgan fingerprint density at radius 2 is 2.00 bits per heavy atom. The van der Waals surface area contributed by atoms with E-state index in [0.717, 1.165) is 11.0 Å². The minimum atomic E-state index is -1.07. The molecule has 0 aliphatic carbocycles. The smallest absolute Gasteiger partial charge is 0.300 e. The van der Waals surface area contributed by atoms with Crippen LogP contribution in [0.1, 0.15) is 22.1 Å². The first-order chi connectivity index (χ1) is 9.47. The highest BCUT2D eigenvalue weighted by Crippen LogP contribution is 2.32. The quantitative estimate of drug-likeness (QED) is 0.776. The van der Waals surface area contributed by atoms with Gasteiger partial charge in [0, 0.05) is 13.0 Å². The monoisotopic (exact) mass is 279 g/mol. The Balaban J connectivity index is 2.06. The highest BCUT2D eigenvalue weighted by molar-refractivity contribution is 6.52. The molecule has 0 spiro atoms. The number of halogens is 2. The van der Waals surface area contributed by atoms with E-state index in [1.807, 2.05) is 0 Å².